The minimum Gasteiger partial charge on any atom is -0.351 e. The number of carbonyl (C=O) groups excluding carboxylic acids is 1. The molecule has 1 heterocycles. The van der Waals surface area contributed by atoms with Gasteiger partial charge in [0, 0.05) is 12.2 Å². The summed E-state index contributed by atoms with van der Waals surface area (Å²) in [7, 11) is 0. The topological polar surface area (TPSA) is 66.9 Å². The van der Waals surface area contributed by atoms with Crippen LogP contribution in [0.4, 0.5) is 24.7 Å². The lowest BCUT2D eigenvalue weighted by Crippen LogP contribution is -2.26. The van der Waals surface area contributed by atoms with Crippen LogP contribution in [0.15, 0.2) is 36.7 Å². The Morgan fingerprint density at radius 3 is 2.56 bits per heavy atom. The molecule has 25 heavy (non-hydrogen) atoms. The van der Waals surface area contributed by atoms with Gasteiger partial charge in [-0.25, -0.2) is 9.97 Å². The molecule has 8 heteroatoms. The van der Waals surface area contributed by atoms with Gasteiger partial charge in [0.15, 0.2) is 0 Å². The molecule has 1 aromatic carbocycles. The third kappa shape index (κ3) is 5.74. The Hall–Kier alpha value is -2.64. The van der Waals surface area contributed by atoms with Crippen molar-refractivity contribution in [3.63, 3.8) is 0 Å². The third-order valence-electron chi connectivity index (χ3n) is 3.35. The fraction of sp³-hybridized carbons (Fsp3) is 0.353. The normalized spacial score (nSPS) is 11.4. The molecule has 0 bridgehead atoms. The number of aromatic nitrogens is 2. The number of anilines is 2. The number of hydrogen-bond acceptors (Lipinski definition) is 4. The van der Waals surface area contributed by atoms with Crippen LogP contribution in [0.25, 0.3) is 0 Å². The average molecular weight is 352 g/mol. The van der Waals surface area contributed by atoms with Crippen molar-refractivity contribution >= 4 is 17.4 Å². The highest BCUT2D eigenvalue weighted by molar-refractivity contribution is 5.92. The number of alkyl halides is 3. The number of nitrogens with one attached hydrogen (secondary N) is 2. The lowest BCUT2D eigenvalue weighted by Gasteiger charge is -2.10. The van der Waals surface area contributed by atoms with Crippen LogP contribution in [0.3, 0.4) is 0 Å². The van der Waals surface area contributed by atoms with Gasteiger partial charge in [-0.2, -0.15) is 13.2 Å². The van der Waals surface area contributed by atoms with E-state index in [1.165, 1.54) is 24.5 Å². The molecule has 2 aromatic rings. The third-order valence-corrected chi connectivity index (χ3v) is 3.35. The largest absolute Gasteiger partial charge is 0.416 e. The highest BCUT2D eigenvalue weighted by Crippen LogP contribution is 2.31. The van der Waals surface area contributed by atoms with Crippen molar-refractivity contribution in [2.75, 3.05) is 11.9 Å². The van der Waals surface area contributed by atoms with Crippen LogP contribution in [0.2, 0.25) is 0 Å². The van der Waals surface area contributed by atoms with E-state index in [2.05, 4.69) is 34.4 Å². The van der Waals surface area contributed by atoms with Crippen molar-refractivity contribution in [1.82, 2.24) is 15.3 Å². The molecule has 2 rings (SSSR count). The maximum absolute atomic E-state index is 12.7. The first-order chi connectivity index (χ1) is 11.8. The van der Waals surface area contributed by atoms with Gasteiger partial charge in [-0.3, -0.25) is 4.79 Å². The molecule has 2 N–H and O–H groups in total. The minimum atomic E-state index is -4.42. The molecule has 0 saturated carbocycles. The molecule has 0 radical (unpaired) electrons. The van der Waals surface area contributed by atoms with E-state index in [-0.39, 0.29) is 23.1 Å². The summed E-state index contributed by atoms with van der Waals surface area (Å²) in [6, 6.07) is 4.76. The summed E-state index contributed by atoms with van der Waals surface area (Å²) in [5.74, 6) is 0.391. The number of rotatable bonds is 6. The monoisotopic (exact) mass is 352 g/mol. The molecule has 0 aliphatic rings. The van der Waals surface area contributed by atoms with Crippen LogP contribution in [0.5, 0.6) is 0 Å². The highest BCUT2D eigenvalue weighted by atomic mass is 19.4. The number of carbonyl (C=O) groups is 1. The molecule has 1 aromatic heterocycles. The van der Waals surface area contributed by atoms with Crippen LogP contribution >= 0.6 is 0 Å². The number of benzene rings is 1. The van der Waals surface area contributed by atoms with Gasteiger partial charge in [0.1, 0.15) is 11.5 Å². The summed E-state index contributed by atoms with van der Waals surface area (Å²) in [6.07, 6.45) is -0.978. The number of nitrogens with zero attached hydrogens (tertiary/aromatic N) is 2. The second-order valence-electron chi connectivity index (χ2n) is 5.93. The zero-order chi connectivity index (χ0) is 18.4. The average Bonchev–Trinajstić information content (AvgIpc) is 2.54. The van der Waals surface area contributed by atoms with Gasteiger partial charge in [-0.15, -0.1) is 0 Å². The Kier molecular flexibility index (Phi) is 5.95. The van der Waals surface area contributed by atoms with E-state index in [4.69, 9.17) is 0 Å². The molecule has 0 saturated heterocycles. The van der Waals surface area contributed by atoms with Crippen LogP contribution in [-0.4, -0.2) is 22.4 Å². The lowest BCUT2D eigenvalue weighted by molar-refractivity contribution is -0.137. The van der Waals surface area contributed by atoms with E-state index in [0.717, 1.165) is 18.6 Å². The predicted octanol–water partition coefficient (Wildman–Crippen LogP) is 4.01. The summed E-state index contributed by atoms with van der Waals surface area (Å²) in [5, 5.41) is 5.47. The summed E-state index contributed by atoms with van der Waals surface area (Å²) < 4.78 is 38.1. The van der Waals surface area contributed by atoms with Gasteiger partial charge in [0.2, 0.25) is 0 Å². The van der Waals surface area contributed by atoms with Crippen LogP contribution in [-0.2, 0) is 6.18 Å². The Morgan fingerprint density at radius 2 is 1.96 bits per heavy atom. The lowest BCUT2D eigenvalue weighted by atomic mass is 10.1. The molecule has 134 valence electrons. The number of halogens is 3. The fourth-order valence-electron chi connectivity index (χ4n) is 2.00. The standard InChI is InChI=1S/C17H19F3N4O/c1-11(2)6-7-21-16(25)14-9-23-15(10-22-14)24-13-5-3-4-12(8-13)17(18,19)20/h3-5,8-11H,6-7H2,1-2H3,(H,21,25)(H,23,24). The molecule has 0 aliphatic carbocycles. The summed E-state index contributed by atoms with van der Waals surface area (Å²) >= 11 is 0. The molecule has 0 atom stereocenters. The molecule has 5 nitrogen and oxygen atoms in total. The van der Waals surface area contributed by atoms with Crippen LogP contribution in [0.1, 0.15) is 36.3 Å². The Bertz CT molecular complexity index is 715. The first-order valence-corrected chi connectivity index (χ1v) is 7.80. The molecule has 0 unspecified atom stereocenters. The van der Waals surface area contributed by atoms with Crippen molar-refractivity contribution in [3.8, 4) is 0 Å². The zero-order valence-corrected chi connectivity index (χ0v) is 13.9. The second kappa shape index (κ2) is 7.96. The van der Waals surface area contributed by atoms with E-state index >= 15 is 0 Å². The fourth-order valence-corrected chi connectivity index (χ4v) is 2.00. The van der Waals surface area contributed by atoms with Gasteiger partial charge >= 0.3 is 6.18 Å². The van der Waals surface area contributed by atoms with Gasteiger partial charge in [-0.1, -0.05) is 19.9 Å². The van der Waals surface area contributed by atoms with Crippen LogP contribution < -0.4 is 10.6 Å². The van der Waals surface area contributed by atoms with E-state index in [9.17, 15) is 18.0 Å². The predicted molar refractivity (Wildman–Crippen MR) is 88.5 cm³/mol. The Balaban J connectivity index is 2.00. The Labute approximate surface area is 143 Å². The van der Waals surface area contributed by atoms with Gasteiger partial charge < -0.3 is 10.6 Å². The van der Waals surface area contributed by atoms with Crippen molar-refractivity contribution in [2.45, 2.75) is 26.4 Å². The van der Waals surface area contributed by atoms with Gasteiger partial charge in [0.25, 0.3) is 5.91 Å². The second-order valence-corrected chi connectivity index (χ2v) is 5.93. The maximum Gasteiger partial charge on any atom is 0.416 e. The maximum atomic E-state index is 12.7. The number of amides is 1. The quantitative estimate of drug-likeness (QED) is 0.824. The summed E-state index contributed by atoms with van der Waals surface area (Å²) in [4.78, 5) is 19.9. The van der Waals surface area contributed by atoms with Crippen molar-refractivity contribution < 1.29 is 18.0 Å². The van der Waals surface area contributed by atoms with E-state index in [0.29, 0.717) is 12.5 Å². The van der Waals surface area contributed by atoms with Crippen molar-refractivity contribution in [3.05, 3.63) is 47.9 Å². The number of hydrogen-bond donors (Lipinski definition) is 2. The van der Waals surface area contributed by atoms with E-state index in [1.54, 1.807) is 0 Å². The first-order valence-electron chi connectivity index (χ1n) is 7.80. The molecule has 0 spiro atoms. The molecule has 0 fully saturated rings. The molecule has 0 aliphatic heterocycles. The zero-order valence-electron chi connectivity index (χ0n) is 13.9. The Morgan fingerprint density at radius 1 is 1.20 bits per heavy atom. The summed E-state index contributed by atoms with van der Waals surface area (Å²) in [6.45, 7) is 4.66. The SMILES string of the molecule is CC(C)CCNC(=O)c1cnc(Nc2cccc(C(F)(F)F)c2)cn1. The van der Waals surface area contributed by atoms with Gasteiger partial charge in [-0.05, 0) is 30.5 Å². The summed E-state index contributed by atoms with van der Waals surface area (Å²) in [5.41, 5.74) is -0.372. The van der Waals surface area contributed by atoms with Crippen molar-refractivity contribution in [1.29, 1.82) is 0 Å². The van der Waals surface area contributed by atoms with Gasteiger partial charge in [0.05, 0.1) is 18.0 Å². The van der Waals surface area contributed by atoms with E-state index < -0.39 is 11.7 Å². The molecular formula is C17H19F3N4O. The minimum absolute atomic E-state index is 0.151. The first kappa shape index (κ1) is 18.7. The van der Waals surface area contributed by atoms with E-state index in [1.807, 2.05) is 0 Å². The smallest absolute Gasteiger partial charge is 0.351 e. The molecular weight excluding hydrogens is 333 g/mol. The van der Waals surface area contributed by atoms with Crippen molar-refractivity contribution in [2.24, 2.45) is 5.92 Å². The molecule has 1 amide bonds. The van der Waals surface area contributed by atoms with Crippen LogP contribution in [0, 0.1) is 5.92 Å². The highest BCUT2D eigenvalue weighted by Gasteiger charge is 2.30.